The van der Waals surface area contributed by atoms with Crippen molar-refractivity contribution in [3.05, 3.63) is 34.4 Å². The highest BCUT2D eigenvalue weighted by molar-refractivity contribution is 6.36. The van der Waals surface area contributed by atoms with E-state index in [2.05, 4.69) is 4.98 Å². The van der Waals surface area contributed by atoms with Crippen molar-refractivity contribution >= 4 is 34.4 Å². The van der Waals surface area contributed by atoms with E-state index < -0.39 is 17.7 Å². The van der Waals surface area contributed by atoms with Crippen molar-refractivity contribution in [3.63, 3.8) is 0 Å². The van der Waals surface area contributed by atoms with Crippen LogP contribution >= 0.6 is 11.6 Å². The van der Waals surface area contributed by atoms with E-state index in [1.54, 1.807) is 6.92 Å². The number of carboxylic acid groups (broad SMARTS) is 1. The Morgan fingerprint density at radius 2 is 1.93 bits per heavy atom. The zero-order valence-corrected chi connectivity index (χ0v) is 17.3. The fourth-order valence-corrected chi connectivity index (χ4v) is 4.59. The van der Waals surface area contributed by atoms with Crippen molar-refractivity contribution in [3.8, 4) is 0 Å². The van der Waals surface area contributed by atoms with Crippen molar-refractivity contribution in [2.24, 2.45) is 5.41 Å². The highest BCUT2D eigenvalue weighted by atomic mass is 35.5. The summed E-state index contributed by atoms with van der Waals surface area (Å²) in [5.74, 6) is -0.951. The van der Waals surface area contributed by atoms with Crippen LogP contribution in [0.4, 0.5) is 19.4 Å². The van der Waals surface area contributed by atoms with Crippen molar-refractivity contribution in [1.29, 1.82) is 0 Å². The molecule has 1 N–H and O–H groups in total. The topological polar surface area (TPSA) is 56.7 Å². The maximum atomic E-state index is 14.2. The summed E-state index contributed by atoms with van der Waals surface area (Å²) in [7, 11) is 0. The van der Waals surface area contributed by atoms with Gasteiger partial charge in [-0.1, -0.05) is 32.4 Å². The molecule has 0 saturated carbocycles. The molecule has 5 nitrogen and oxygen atoms in total. The number of fused-ring (bicyclic) bond motifs is 1. The van der Waals surface area contributed by atoms with Crippen LogP contribution in [0.2, 0.25) is 5.02 Å². The second-order valence-corrected chi connectivity index (χ2v) is 8.75. The van der Waals surface area contributed by atoms with Gasteiger partial charge in [0.15, 0.2) is 0 Å². The van der Waals surface area contributed by atoms with Gasteiger partial charge in [0, 0.05) is 36.8 Å². The Kier molecular flexibility index (Phi) is 5.17. The van der Waals surface area contributed by atoms with Gasteiger partial charge in [-0.25, -0.2) is 18.6 Å². The molecule has 2 heterocycles. The number of carbonyl (C=O) groups is 1. The first-order chi connectivity index (χ1) is 12.9. The molecule has 1 aliphatic rings. The molecule has 2 aromatic rings. The van der Waals surface area contributed by atoms with Crippen LogP contribution in [0.25, 0.3) is 10.9 Å². The van der Waals surface area contributed by atoms with Crippen molar-refractivity contribution in [2.45, 2.75) is 46.7 Å². The molecule has 1 aromatic heterocycles. The number of anilines is 1. The van der Waals surface area contributed by atoms with Gasteiger partial charge < -0.3 is 14.9 Å². The number of hydrogen-bond donors (Lipinski definition) is 1. The van der Waals surface area contributed by atoms with Crippen molar-refractivity contribution in [2.75, 3.05) is 18.0 Å². The molecule has 1 fully saturated rings. The first-order valence-corrected chi connectivity index (χ1v) is 9.52. The first kappa shape index (κ1) is 20.6. The molecular weight excluding hydrogens is 388 g/mol. The molecule has 2 unspecified atom stereocenters. The number of rotatable bonds is 1. The average Bonchev–Trinajstić information content (AvgIpc) is 2.56. The summed E-state index contributed by atoms with van der Waals surface area (Å²) in [6.07, 6.45) is -0.961. The number of hydrogen-bond acceptors (Lipinski definition) is 3. The zero-order chi connectivity index (χ0) is 21.0. The molecule has 0 radical (unpaired) electrons. The molecule has 28 heavy (non-hydrogen) atoms. The Balaban J connectivity index is 2.14. The van der Waals surface area contributed by atoms with Crippen LogP contribution in [-0.2, 0) is 0 Å². The molecular formula is C20H24ClF2N3O2. The van der Waals surface area contributed by atoms with E-state index in [0.717, 1.165) is 12.1 Å². The number of aromatic nitrogens is 1. The van der Waals surface area contributed by atoms with Crippen LogP contribution in [0.1, 0.15) is 33.3 Å². The third kappa shape index (κ3) is 3.36. The molecule has 1 saturated heterocycles. The molecule has 0 aliphatic carbocycles. The van der Waals surface area contributed by atoms with Gasteiger partial charge in [0.1, 0.15) is 17.5 Å². The number of halogens is 3. The average molecular weight is 412 g/mol. The largest absolute Gasteiger partial charge is 0.465 e. The van der Waals surface area contributed by atoms with Gasteiger partial charge in [-0.15, -0.1) is 0 Å². The van der Waals surface area contributed by atoms with Gasteiger partial charge >= 0.3 is 6.09 Å². The molecule has 0 spiro atoms. The van der Waals surface area contributed by atoms with Crippen LogP contribution in [0, 0.1) is 24.0 Å². The molecule has 1 aromatic carbocycles. The highest BCUT2D eigenvalue weighted by Crippen LogP contribution is 2.38. The fourth-order valence-electron chi connectivity index (χ4n) is 4.32. The van der Waals surface area contributed by atoms with E-state index in [9.17, 15) is 18.7 Å². The van der Waals surface area contributed by atoms with Gasteiger partial charge in [0.25, 0.3) is 0 Å². The van der Waals surface area contributed by atoms with Gasteiger partial charge in [0.05, 0.1) is 22.0 Å². The van der Waals surface area contributed by atoms with E-state index in [0.29, 0.717) is 24.5 Å². The monoisotopic (exact) mass is 411 g/mol. The Morgan fingerprint density at radius 3 is 2.50 bits per heavy atom. The quantitative estimate of drug-likeness (QED) is 0.711. The summed E-state index contributed by atoms with van der Waals surface area (Å²) in [5.41, 5.74) is 0.412. The van der Waals surface area contributed by atoms with Crippen LogP contribution < -0.4 is 4.90 Å². The zero-order valence-electron chi connectivity index (χ0n) is 16.6. The number of nitrogens with zero attached hydrogens (tertiary/aromatic N) is 3. The number of piperazine rings is 1. The lowest BCUT2D eigenvalue weighted by Gasteiger charge is -2.51. The van der Waals surface area contributed by atoms with Gasteiger partial charge in [-0.3, -0.25) is 0 Å². The minimum atomic E-state index is -0.961. The predicted octanol–water partition coefficient (Wildman–Crippen LogP) is 5.08. The Labute approximate surface area is 167 Å². The summed E-state index contributed by atoms with van der Waals surface area (Å²) in [6, 6.07) is 1.45. The SMILES string of the molecule is Cc1c(N2CCN(C(=O)O)C(C(C)(C)C)C2C)nc2cc(F)cc(F)c2c1Cl. The maximum absolute atomic E-state index is 14.2. The summed E-state index contributed by atoms with van der Waals surface area (Å²) in [5, 5.41) is 9.92. The predicted molar refractivity (Wildman–Crippen MR) is 106 cm³/mol. The Bertz CT molecular complexity index is 945. The smallest absolute Gasteiger partial charge is 0.407 e. The molecule has 0 bridgehead atoms. The second-order valence-electron chi connectivity index (χ2n) is 8.38. The number of pyridine rings is 1. The lowest BCUT2D eigenvalue weighted by Crippen LogP contribution is -2.64. The van der Waals surface area contributed by atoms with E-state index in [1.165, 1.54) is 4.90 Å². The van der Waals surface area contributed by atoms with Crippen LogP contribution in [-0.4, -0.2) is 46.3 Å². The maximum Gasteiger partial charge on any atom is 0.407 e. The van der Waals surface area contributed by atoms with E-state index in [-0.39, 0.29) is 33.4 Å². The van der Waals surface area contributed by atoms with E-state index in [4.69, 9.17) is 11.6 Å². The summed E-state index contributed by atoms with van der Waals surface area (Å²) < 4.78 is 28.0. The molecule has 1 aliphatic heterocycles. The molecule has 1 amide bonds. The summed E-state index contributed by atoms with van der Waals surface area (Å²) in [6.45, 7) is 10.4. The number of benzene rings is 1. The third-order valence-electron chi connectivity index (χ3n) is 5.42. The lowest BCUT2D eigenvalue weighted by molar-refractivity contribution is 0.0561. The summed E-state index contributed by atoms with van der Waals surface area (Å²) >= 11 is 6.43. The molecule has 152 valence electrons. The van der Waals surface area contributed by atoms with Gasteiger partial charge in [-0.2, -0.15) is 0 Å². The van der Waals surface area contributed by atoms with Crippen LogP contribution in [0.3, 0.4) is 0 Å². The van der Waals surface area contributed by atoms with Gasteiger partial charge in [-0.05, 0) is 19.3 Å². The lowest BCUT2D eigenvalue weighted by atomic mass is 9.80. The minimum Gasteiger partial charge on any atom is -0.465 e. The van der Waals surface area contributed by atoms with Crippen LogP contribution in [0.5, 0.6) is 0 Å². The molecule has 2 atom stereocenters. The Morgan fingerprint density at radius 1 is 1.29 bits per heavy atom. The third-order valence-corrected chi connectivity index (χ3v) is 5.89. The minimum absolute atomic E-state index is 0.0912. The molecule has 8 heteroatoms. The van der Waals surface area contributed by atoms with Crippen molar-refractivity contribution < 1.29 is 18.7 Å². The van der Waals surface area contributed by atoms with Gasteiger partial charge in [0.2, 0.25) is 0 Å². The van der Waals surface area contributed by atoms with Crippen LogP contribution in [0.15, 0.2) is 12.1 Å². The first-order valence-electron chi connectivity index (χ1n) is 9.14. The van der Waals surface area contributed by atoms with E-state index in [1.807, 2.05) is 32.6 Å². The summed E-state index contributed by atoms with van der Waals surface area (Å²) in [4.78, 5) is 19.7. The fraction of sp³-hybridized carbons (Fsp3) is 0.500. The number of amides is 1. The van der Waals surface area contributed by atoms with E-state index >= 15 is 0 Å². The van der Waals surface area contributed by atoms with Crippen molar-refractivity contribution in [1.82, 2.24) is 9.88 Å². The second kappa shape index (κ2) is 7.03. The highest BCUT2D eigenvalue weighted by Gasteiger charge is 2.43. The normalized spacial score (nSPS) is 20.7. The standard InChI is InChI=1S/C20H24ClF2N3O2/c1-10-16(21)15-13(23)8-12(22)9-14(15)24-18(10)25-6-7-26(19(27)28)17(11(25)2)20(3,4)5/h8-9,11,17H,6-7H2,1-5H3,(H,27,28). The molecule has 3 rings (SSSR count). The Hall–Kier alpha value is -2.15.